The second kappa shape index (κ2) is 5.56. The first-order valence-electron chi connectivity index (χ1n) is 6.50. The smallest absolute Gasteiger partial charge is 0.0579 e. The molecule has 0 saturated heterocycles. The first-order chi connectivity index (χ1) is 7.38. The van der Waals surface area contributed by atoms with E-state index in [9.17, 15) is 0 Å². The third-order valence-electron chi connectivity index (χ3n) is 3.85. The molecule has 0 aromatic carbocycles. The Morgan fingerprint density at radius 3 is 2.00 bits per heavy atom. The van der Waals surface area contributed by atoms with Gasteiger partial charge in [0.1, 0.15) is 0 Å². The zero-order chi connectivity index (χ0) is 10.5. The predicted molar refractivity (Wildman–Crippen MR) is 62.5 cm³/mol. The highest BCUT2D eigenvalue weighted by Crippen LogP contribution is 2.29. The molecule has 0 radical (unpaired) electrons. The van der Waals surface area contributed by atoms with Gasteiger partial charge in [-0.15, -0.1) is 12.3 Å². The molecule has 0 N–H and O–H groups in total. The Morgan fingerprint density at radius 1 is 0.800 bits per heavy atom. The average molecular weight is 206 g/mol. The van der Waals surface area contributed by atoms with Crippen LogP contribution in [0.1, 0.15) is 57.8 Å². The summed E-state index contributed by atoms with van der Waals surface area (Å²) in [6.45, 7) is 0. The number of hydrogen-bond acceptors (Lipinski definition) is 1. The van der Waals surface area contributed by atoms with Gasteiger partial charge in [0, 0.05) is 5.92 Å². The molecule has 0 aliphatic heterocycles. The van der Waals surface area contributed by atoms with E-state index in [0.29, 0.717) is 18.1 Å². The molecule has 0 aromatic heterocycles. The van der Waals surface area contributed by atoms with Crippen molar-refractivity contribution in [3.63, 3.8) is 0 Å². The summed E-state index contributed by atoms with van der Waals surface area (Å²) in [4.78, 5) is 0. The van der Waals surface area contributed by atoms with E-state index in [1.54, 1.807) is 0 Å². The molecule has 0 atom stereocenters. The SMILES string of the molecule is C#CC1CCC(OC2CCCCC2)CC1. The van der Waals surface area contributed by atoms with Gasteiger partial charge in [-0.2, -0.15) is 0 Å². The third kappa shape index (κ3) is 3.24. The van der Waals surface area contributed by atoms with Crippen LogP contribution in [0.3, 0.4) is 0 Å². The zero-order valence-corrected chi connectivity index (χ0v) is 9.58. The minimum Gasteiger partial charge on any atom is -0.375 e. The zero-order valence-electron chi connectivity index (χ0n) is 9.58. The van der Waals surface area contributed by atoms with Gasteiger partial charge in [-0.25, -0.2) is 0 Å². The molecule has 0 amide bonds. The highest BCUT2D eigenvalue weighted by Gasteiger charge is 2.23. The average Bonchev–Trinajstić information content (AvgIpc) is 2.31. The lowest BCUT2D eigenvalue weighted by atomic mass is 9.87. The van der Waals surface area contributed by atoms with E-state index in [1.165, 1.54) is 57.8 Å². The van der Waals surface area contributed by atoms with Crippen molar-refractivity contribution < 1.29 is 4.74 Å². The van der Waals surface area contributed by atoms with Crippen molar-refractivity contribution >= 4 is 0 Å². The normalized spacial score (nSPS) is 33.5. The fourth-order valence-electron chi connectivity index (χ4n) is 2.84. The third-order valence-corrected chi connectivity index (χ3v) is 3.85. The first kappa shape index (κ1) is 11.0. The summed E-state index contributed by atoms with van der Waals surface area (Å²) in [5, 5.41) is 0. The maximum atomic E-state index is 6.16. The van der Waals surface area contributed by atoms with E-state index in [-0.39, 0.29) is 0 Å². The maximum Gasteiger partial charge on any atom is 0.0579 e. The van der Waals surface area contributed by atoms with Gasteiger partial charge >= 0.3 is 0 Å². The van der Waals surface area contributed by atoms with Crippen LogP contribution in [-0.2, 0) is 4.74 Å². The molecule has 0 spiro atoms. The van der Waals surface area contributed by atoms with Crippen LogP contribution in [0.15, 0.2) is 0 Å². The van der Waals surface area contributed by atoms with Crippen LogP contribution in [-0.4, -0.2) is 12.2 Å². The molecule has 0 aromatic rings. The molecule has 1 heteroatoms. The number of ether oxygens (including phenoxy) is 1. The van der Waals surface area contributed by atoms with Crippen LogP contribution < -0.4 is 0 Å². The molecule has 15 heavy (non-hydrogen) atoms. The van der Waals surface area contributed by atoms with Crippen LogP contribution in [0.5, 0.6) is 0 Å². The molecule has 0 bridgehead atoms. The van der Waals surface area contributed by atoms with Crippen molar-refractivity contribution in [1.82, 2.24) is 0 Å². The molecule has 1 nitrogen and oxygen atoms in total. The Balaban J connectivity index is 1.69. The summed E-state index contributed by atoms with van der Waals surface area (Å²) in [5.74, 6) is 3.40. The molecule has 2 aliphatic rings. The fraction of sp³-hybridized carbons (Fsp3) is 0.857. The highest BCUT2D eigenvalue weighted by atomic mass is 16.5. The van der Waals surface area contributed by atoms with E-state index in [1.807, 2.05) is 0 Å². The predicted octanol–water partition coefficient (Wildman–Crippen LogP) is 3.53. The van der Waals surface area contributed by atoms with Gasteiger partial charge in [-0.05, 0) is 38.5 Å². The van der Waals surface area contributed by atoms with Gasteiger partial charge in [0.2, 0.25) is 0 Å². The van der Waals surface area contributed by atoms with Gasteiger partial charge < -0.3 is 4.74 Å². The largest absolute Gasteiger partial charge is 0.375 e. The van der Waals surface area contributed by atoms with Crippen molar-refractivity contribution in [2.24, 2.45) is 5.92 Å². The summed E-state index contributed by atoms with van der Waals surface area (Å²) in [5.41, 5.74) is 0. The Morgan fingerprint density at radius 2 is 1.40 bits per heavy atom. The van der Waals surface area contributed by atoms with E-state index < -0.39 is 0 Å². The lowest BCUT2D eigenvalue weighted by Crippen LogP contribution is -2.27. The molecular weight excluding hydrogens is 184 g/mol. The summed E-state index contributed by atoms with van der Waals surface area (Å²) >= 11 is 0. The first-order valence-corrected chi connectivity index (χ1v) is 6.50. The minimum atomic E-state index is 0.512. The van der Waals surface area contributed by atoms with Crippen LogP contribution >= 0.6 is 0 Å². The van der Waals surface area contributed by atoms with Crippen molar-refractivity contribution in [2.75, 3.05) is 0 Å². The van der Waals surface area contributed by atoms with E-state index >= 15 is 0 Å². The van der Waals surface area contributed by atoms with Gasteiger partial charge in [0.15, 0.2) is 0 Å². The summed E-state index contributed by atoms with van der Waals surface area (Å²) in [6.07, 6.45) is 17.9. The number of terminal acetylenes is 1. The van der Waals surface area contributed by atoms with Crippen molar-refractivity contribution in [3.8, 4) is 12.3 Å². The lowest BCUT2D eigenvalue weighted by Gasteiger charge is -2.31. The molecule has 2 fully saturated rings. The molecule has 0 heterocycles. The Hall–Kier alpha value is -0.480. The van der Waals surface area contributed by atoms with Gasteiger partial charge in [0.05, 0.1) is 12.2 Å². The second-order valence-corrected chi connectivity index (χ2v) is 5.04. The molecule has 2 saturated carbocycles. The molecular formula is C14H22O. The highest BCUT2D eigenvalue weighted by molar-refractivity contribution is 4.95. The molecule has 0 unspecified atom stereocenters. The lowest BCUT2D eigenvalue weighted by molar-refractivity contribution is -0.0481. The summed E-state index contributed by atoms with van der Waals surface area (Å²) < 4.78 is 6.16. The van der Waals surface area contributed by atoms with Gasteiger partial charge in [0.25, 0.3) is 0 Å². The maximum absolute atomic E-state index is 6.16. The van der Waals surface area contributed by atoms with Gasteiger partial charge in [-0.3, -0.25) is 0 Å². The van der Waals surface area contributed by atoms with Crippen LogP contribution in [0.2, 0.25) is 0 Å². The van der Waals surface area contributed by atoms with E-state index in [4.69, 9.17) is 11.2 Å². The Labute approximate surface area is 93.6 Å². The fourth-order valence-corrected chi connectivity index (χ4v) is 2.84. The standard InChI is InChI=1S/C14H22O/c1-2-12-8-10-14(11-9-12)15-13-6-4-3-5-7-13/h1,12-14H,3-11H2. The summed E-state index contributed by atoms with van der Waals surface area (Å²) in [7, 11) is 0. The minimum absolute atomic E-state index is 0.512. The number of hydrogen-bond donors (Lipinski definition) is 0. The van der Waals surface area contributed by atoms with Crippen molar-refractivity contribution in [2.45, 2.75) is 70.0 Å². The van der Waals surface area contributed by atoms with Crippen molar-refractivity contribution in [1.29, 1.82) is 0 Å². The summed E-state index contributed by atoms with van der Waals surface area (Å²) in [6, 6.07) is 0. The van der Waals surface area contributed by atoms with Crippen LogP contribution in [0.25, 0.3) is 0 Å². The van der Waals surface area contributed by atoms with Gasteiger partial charge in [-0.1, -0.05) is 19.3 Å². The molecule has 2 rings (SSSR count). The van der Waals surface area contributed by atoms with E-state index in [0.717, 1.165) is 0 Å². The van der Waals surface area contributed by atoms with Crippen LogP contribution in [0, 0.1) is 18.3 Å². The quantitative estimate of drug-likeness (QED) is 0.628. The molecule has 2 aliphatic carbocycles. The second-order valence-electron chi connectivity index (χ2n) is 5.04. The number of rotatable bonds is 2. The topological polar surface area (TPSA) is 9.23 Å². The van der Waals surface area contributed by atoms with Crippen molar-refractivity contribution in [3.05, 3.63) is 0 Å². The Bertz CT molecular complexity index is 214. The molecule has 84 valence electrons. The monoisotopic (exact) mass is 206 g/mol. The van der Waals surface area contributed by atoms with E-state index in [2.05, 4.69) is 5.92 Å². The Kier molecular flexibility index (Phi) is 4.09. The van der Waals surface area contributed by atoms with Crippen LogP contribution in [0.4, 0.5) is 0 Å².